The Bertz CT molecular complexity index is 1390. The molecule has 0 amide bonds. The molecule has 192 valence electrons. The van der Waals surface area contributed by atoms with Crippen LogP contribution in [0.25, 0.3) is 16.7 Å². The van der Waals surface area contributed by atoms with Gasteiger partial charge in [0, 0.05) is 5.57 Å². The highest BCUT2D eigenvalue weighted by Crippen LogP contribution is 2.34. The van der Waals surface area contributed by atoms with E-state index in [2.05, 4.69) is 45.9 Å². The molecule has 3 aromatic rings. The van der Waals surface area contributed by atoms with Crippen molar-refractivity contribution in [2.45, 2.75) is 60.8 Å². The topological polar surface area (TPSA) is 54.4 Å². The van der Waals surface area contributed by atoms with Gasteiger partial charge in [0.15, 0.2) is 0 Å². The molecule has 0 fully saturated rings. The van der Waals surface area contributed by atoms with Crippen LogP contribution in [0.2, 0.25) is 0 Å². The van der Waals surface area contributed by atoms with E-state index in [1.807, 2.05) is 82.3 Å². The van der Waals surface area contributed by atoms with Gasteiger partial charge in [0.25, 0.3) is 0 Å². The third-order valence-corrected chi connectivity index (χ3v) is 6.60. The van der Waals surface area contributed by atoms with Crippen molar-refractivity contribution < 1.29 is 14.7 Å². The molecule has 3 aromatic carbocycles. The summed E-state index contributed by atoms with van der Waals surface area (Å²) < 4.78 is 0. The normalized spacial score (nSPS) is 13.9. The van der Waals surface area contributed by atoms with E-state index in [9.17, 15) is 14.7 Å². The summed E-state index contributed by atoms with van der Waals surface area (Å²) >= 11 is 0. The second kappa shape index (κ2) is 10.7. The van der Waals surface area contributed by atoms with Gasteiger partial charge in [0.2, 0.25) is 11.6 Å². The first-order valence-corrected chi connectivity index (χ1v) is 12.7. The molecule has 37 heavy (non-hydrogen) atoms. The van der Waals surface area contributed by atoms with Crippen molar-refractivity contribution in [1.29, 1.82) is 0 Å². The van der Waals surface area contributed by atoms with Crippen molar-refractivity contribution in [3.05, 3.63) is 107 Å². The molecule has 1 N–H and O–H groups in total. The molecule has 0 radical (unpaired) electrons. The average Bonchev–Trinajstić information content (AvgIpc) is 2.80. The number of hydrogen-bond donors (Lipinski definition) is 1. The zero-order valence-electron chi connectivity index (χ0n) is 23.3. The second-order valence-electron chi connectivity index (χ2n) is 11.7. The molecule has 1 aliphatic carbocycles. The Balaban J connectivity index is 0.000000206. The largest absolute Gasteiger partial charge is 0.508 e. The predicted molar refractivity (Wildman–Crippen MR) is 154 cm³/mol. The van der Waals surface area contributed by atoms with E-state index in [1.165, 1.54) is 17.2 Å². The van der Waals surface area contributed by atoms with Gasteiger partial charge in [-0.05, 0) is 87.9 Å². The zero-order chi connectivity index (χ0) is 27.5. The van der Waals surface area contributed by atoms with Crippen molar-refractivity contribution in [2.75, 3.05) is 0 Å². The lowest BCUT2D eigenvalue weighted by Gasteiger charge is -2.24. The maximum atomic E-state index is 12.1. The van der Waals surface area contributed by atoms with Crippen molar-refractivity contribution in [3.63, 3.8) is 0 Å². The minimum Gasteiger partial charge on any atom is -0.508 e. The standard InChI is InChI=1S/C17H18O2.C17H20O/c1-11-7-5-6-8-13(11)14-9-12(17(2,3)4)10-15(18)16(14)19;1-12-7-5-6-8-16(12)13-9-14(17(2,3)4)11-15(18)10-13/h5-10H,1-4H3;5-11,18H,1-4H3. The number of phenols is 1. The van der Waals surface area contributed by atoms with E-state index in [0.29, 0.717) is 11.3 Å². The summed E-state index contributed by atoms with van der Waals surface area (Å²) in [4.78, 5) is 24.0. The van der Waals surface area contributed by atoms with Crippen molar-refractivity contribution in [2.24, 2.45) is 5.41 Å². The molecular formula is C34H38O3. The van der Waals surface area contributed by atoms with Crippen molar-refractivity contribution in [1.82, 2.24) is 0 Å². The zero-order valence-corrected chi connectivity index (χ0v) is 23.3. The number of carbonyl (C=O) groups is 2. The fraction of sp³-hybridized carbons (Fsp3) is 0.294. The van der Waals surface area contributed by atoms with Gasteiger partial charge in [-0.3, -0.25) is 9.59 Å². The van der Waals surface area contributed by atoms with Crippen LogP contribution in [-0.4, -0.2) is 16.7 Å². The molecule has 0 aromatic heterocycles. The van der Waals surface area contributed by atoms with E-state index in [0.717, 1.165) is 27.8 Å². The molecule has 0 atom stereocenters. The molecule has 0 unspecified atom stereocenters. The van der Waals surface area contributed by atoms with Crippen molar-refractivity contribution in [3.8, 4) is 16.9 Å². The van der Waals surface area contributed by atoms with Gasteiger partial charge >= 0.3 is 0 Å². The fourth-order valence-corrected chi connectivity index (χ4v) is 4.21. The number of rotatable bonds is 2. The van der Waals surface area contributed by atoms with Crippen LogP contribution < -0.4 is 0 Å². The molecular weight excluding hydrogens is 456 g/mol. The van der Waals surface area contributed by atoms with Crippen LogP contribution in [-0.2, 0) is 15.0 Å². The van der Waals surface area contributed by atoms with Crippen LogP contribution >= 0.6 is 0 Å². The number of aromatic hydroxyl groups is 1. The quantitative estimate of drug-likeness (QED) is 0.289. The lowest BCUT2D eigenvalue weighted by molar-refractivity contribution is -0.130. The fourth-order valence-electron chi connectivity index (χ4n) is 4.21. The van der Waals surface area contributed by atoms with E-state index >= 15 is 0 Å². The third-order valence-electron chi connectivity index (χ3n) is 6.60. The Morgan fingerprint density at radius 2 is 1.19 bits per heavy atom. The number of allylic oxidation sites excluding steroid dienone is 4. The average molecular weight is 495 g/mol. The lowest BCUT2D eigenvalue weighted by atomic mass is 9.79. The number of phenolic OH excluding ortho intramolecular Hbond substituents is 1. The molecule has 1 aliphatic rings. The van der Waals surface area contributed by atoms with Gasteiger partial charge < -0.3 is 5.11 Å². The molecule has 0 saturated carbocycles. The van der Waals surface area contributed by atoms with E-state index < -0.39 is 11.6 Å². The Hall–Kier alpha value is -3.72. The molecule has 0 saturated heterocycles. The predicted octanol–water partition coefficient (Wildman–Crippen LogP) is 8.17. The van der Waals surface area contributed by atoms with Crippen LogP contribution in [0.15, 0.2) is 84.5 Å². The van der Waals surface area contributed by atoms with Gasteiger partial charge in [0.05, 0.1) is 0 Å². The lowest BCUT2D eigenvalue weighted by Crippen LogP contribution is -2.22. The van der Waals surface area contributed by atoms with Gasteiger partial charge in [-0.25, -0.2) is 0 Å². The minimum absolute atomic E-state index is 0.0379. The number of benzene rings is 3. The first kappa shape index (κ1) is 27.9. The smallest absolute Gasteiger partial charge is 0.233 e. The maximum absolute atomic E-state index is 12.1. The molecule has 0 aliphatic heterocycles. The molecule has 0 heterocycles. The van der Waals surface area contributed by atoms with E-state index in [1.54, 1.807) is 0 Å². The summed E-state index contributed by atoms with van der Waals surface area (Å²) in [7, 11) is 0. The Morgan fingerprint density at radius 3 is 1.70 bits per heavy atom. The Morgan fingerprint density at radius 1 is 0.649 bits per heavy atom. The number of carbonyl (C=O) groups excluding carboxylic acids is 2. The highest BCUT2D eigenvalue weighted by atomic mass is 16.3. The molecule has 0 spiro atoms. The first-order valence-electron chi connectivity index (χ1n) is 12.7. The second-order valence-corrected chi connectivity index (χ2v) is 11.7. The van der Waals surface area contributed by atoms with E-state index in [4.69, 9.17) is 0 Å². The summed E-state index contributed by atoms with van der Waals surface area (Å²) in [5, 5.41) is 9.91. The SMILES string of the molecule is Cc1ccccc1-c1cc(O)cc(C(C)(C)C)c1.Cc1ccccc1C1=CC(C(C)(C)C)=CC(=O)C1=O. The monoisotopic (exact) mass is 494 g/mol. The van der Waals surface area contributed by atoms with Gasteiger partial charge in [-0.15, -0.1) is 0 Å². The van der Waals surface area contributed by atoms with Crippen LogP contribution in [0.4, 0.5) is 0 Å². The van der Waals surface area contributed by atoms with Crippen molar-refractivity contribution >= 4 is 17.1 Å². The maximum Gasteiger partial charge on any atom is 0.233 e. The summed E-state index contributed by atoms with van der Waals surface area (Å²) in [6.07, 6.45) is 3.32. The Kier molecular flexibility index (Phi) is 8.07. The summed E-state index contributed by atoms with van der Waals surface area (Å²) in [5.41, 5.74) is 7.78. The number of hydrogen-bond acceptors (Lipinski definition) is 3. The molecule has 3 heteroatoms. The van der Waals surface area contributed by atoms with Gasteiger partial charge in [-0.2, -0.15) is 0 Å². The third kappa shape index (κ3) is 6.74. The summed E-state index contributed by atoms with van der Waals surface area (Å²) in [5.74, 6) is -0.506. The Labute approximate surface area is 221 Å². The summed E-state index contributed by atoms with van der Waals surface area (Å²) in [6, 6.07) is 21.7. The van der Waals surface area contributed by atoms with Gasteiger partial charge in [0.1, 0.15) is 5.75 Å². The molecule has 3 nitrogen and oxygen atoms in total. The van der Waals surface area contributed by atoms with Crippen LogP contribution in [0, 0.1) is 19.3 Å². The number of Topliss-reactive ketones (excluding diaryl/α,β-unsaturated/α-hetero) is 1. The van der Waals surface area contributed by atoms with Crippen LogP contribution in [0.3, 0.4) is 0 Å². The van der Waals surface area contributed by atoms with Gasteiger partial charge in [-0.1, -0.05) is 96.1 Å². The number of ketones is 2. The van der Waals surface area contributed by atoms with Crippen LogP contribution in [0.5, 0.6) is 5.75 Å². The van der Waals surface area contributed by atoms with E-state index in [-0.39, 0.29) is 10.8 Å². The number of aryl methyl sites for hydroxylation is 2. The minimum atomic E-state index is -0.425. The first-order chi connectivity index (χ1) is 17.2. The molecule has 4 rings (SSSR count). The van der Waals surface area contributed by atoms with Crippen LogP contribution in [0.1, 0.15) is 63.8 Å². The highest BCUT2D eigenvalue weighted by molar-refractivity contribution is 6.58. The molecule has 0 bridgehead atoms. The summed E-state index contributed by atoms with van der Waals surface area (Å²) in [6.45, 7) is 16.6. The highest BCUT2D eigenvalue weighted by Gasteiger charge is 2.28.